The molecule has 1 aromatic carbocycles. The number of hydrogen-bond donors (Lipinski definition) is 2. The number of para-hydroxylation sites is 1. The average Bonchev–Trinajstić information content (AvgIpc) is 2.78. The third-order valence-electron chi connectivity index (χ3n) is 3.00. The third kappa shape index (κ3) is 2.85. The Labute approximate surface area is 102 Å². The van der Waals surface area contributed by atoms with Crippen LogP contribution in [0.4, 0.5) is 0 Å². The Bertz CT molecular complexity index is 459. The molecule has 1 aromatic heterocycles. The molecular weight excluding hydrogens is 212 g/mol. The van der Waals surface area contributed by atoms with Gasteiger partial charge in [-0.25, -0.2) is 10.9 Å². The fourth-order valence-electron chi connectivity index (χ4n) is 2.07. The van der Waals surface area contributed by atoms with Gasteiger partial charge in [-0.15, -0.1) is 0 Å². The highest BCUT2D eigenvalue weighted by molar-refractivity contribution is 5.79. The summed E-state index contributed by atoms with van der Waals surface area (Å²) in [7, 11) is 3.84. The standard InChI is InChI=1S/C13H20N4/c1-14-17(15-2)10-5-9-16-11-8-12-6-3-4-7-13(12)16/h3-4,6-8,11,14-15H,5,9-10H2,1-2H3. The number of nitrogens with one attached hydrogen (secondary N) is 2. The highest BCUT2D eigenvalue weighted by atomic mass is 15.7. The number of hydrogen-bond acceptors (Lipinski definition) is 3. The third-order valence-corrected chi connectivity index (χ3v) is 3.00. The summed E-state index contributed by atoms with van der Waals surface area (Å²) in [6, 6.07) is 10.7. The summed E-state index contributed by atoms with van der Waals surface area (Å²) in [6.45, 7) is 2.01. The van der Waals surface area contributed by atoms with Gasteiger partial charge in [0.1, 0.15) is 0 Å². The molecule has 0 aliphatic rings. The fraction of sp³-hybridized carbons (Fsp3) is 0.385. The molecule has 0 spiro atoms. The summed E-state index contributed by atoms with van der Waals surface area (Å²) >= 11 is 0. The lowest BCUT2D eigenvalue weighted by Crippen LogP contribution is -2.44. The lowest BCUT2D eigenvalue weighted by Gasteiger charge is -2.19. The van der Waals surface area contributed by atoms with E-state index >= 15 is 0 Å². The predicted molar refractivity (Wildman–Crippen MR) is 71.4 cm³/mol. The largest absolute Gasteiger partial charge is 0.347 e. The molecule has 0 radical (unpaired) electrons. The van der Waals surface area contributed by atoms with Crippen LogP contribution in [0.15, 0.2) is 36.5 Å². The molecule has 0 amide bonds. The maximum Gasteiger partial charge on any atom is 0.0480 e. The van der Waals surface area contributed by atoms with Crippen molar-refractivity contribution < 1.29 is 0 Å². The van der Waals surface area contributed by atoms with E-state index in [0.29, 0.717) is 0 Å². The minimum Gasteiger partial charge on any atom is -0.347 e. The van der Waals surface area contributed by atoms with Gasteiger partial charge >= 0.3 is 0 Å². The van der Waals surface area contributed by atoms with E-state index in [1.165, 1.54) is 10.9 Å². The first-order valence-electron chi connectivity index (χ1n) is 6.01. The van der Waals surface area contributed by atoms with Crippen molar-refractivity contribution in [1.29, 1.82) is 0 Å². The van der Waals surface area contributed by atoms with Crippen LogP contribution in [0.3, 0.4) is 0 Å². The molecule has 92 valence electrons. The predicted octanol–water partition coefficient (Wildman–Crippen LogP) is 1.60. The zero-order chi connectivity index (χ0) is 12.1. The second-order valence-electron chi connectivity index (χ2n) is 4.02. The van der Waals surface area contributed by atoms with E-state index in [1.54, 1.807) is 0 Å². The molecule has 0 saturated heterocycles. The highest BCUT2D eigenvalue weighted by Crippen LogP contribution is 2.15. The Morgan fingerprint density at radius 3 is 2.65 bits per heavy atom. The van der Waals surface area contributed by atoms with Gasteiger partial charge in [0.05, 0.1) is 0 Å². The smallest absolute Gasteiger partial charge is 0.0480 e. The van der Waals surface area contributed by atoms with Crippen molar-refractivity contribution in [3.8, 4) is 0 Å². The topological polar surface area (TPSA) is 32.2 Å². The molecule has 4 nitrogen and oxygen atoms in total. The van der Waals surface area contributed by atoms with Crippen molar-refractivity contribution >= 4 is 10.9 Å². The molecule has 0 saturated carbocycles. The summed E-state index contributed by atoms with van der Waals surface area (Å²) in [5.74, 6) is 0. The van der Waals surface area contributed by atoms with Gasteiger partial charge in [0, 0.05) is 38.9 Å². The maximum atomic E-state index is 3.08. The second-order valence-corrected chi connectivity index (χ2v) is 4.02. The second kappa shape index (κ2) is 5.82. The number of benzene rings is 1. The first kappa shape index (κ1) is 12.1. The van der Waals surface area contributed by atoms with Gasteiger partial charge in [-0.1, -0.05) is 18.2 Å². The van der Waals surface area contributed by atoms with E-state index in [2.05, 4.69) is 51.9 Å². The number of nitrogens with zero attached hydrogens (tertiary/aromatic N) is 2. The molecule has 1 heterocycles. The lowest BCUT2D eigenvalue weighted by atomic mass is 10.2. The number of hydrazine groups is 2. The fourth-order valence-corrected chi connectivity index (χ4v) is 2.07. The van der Waals surface area contributed by atoms with Gasteiger partial charge in [-0.3, -0.25) is 0 Å². The van der Waals surface area contributed by atoms with Crippen LogP contribution < -0.4 is 10.9 Å². The Morgan fingerprint density at radius 2 is 1.88 bits per heavy atom. The maximum absolute atomic E-state index is 3.08. The van der Waals surface area contributed by atoms with Gasteiger partial charge in [0.2, 0.25) is 0 Å². The van der Waals surface area contributed by atoms with Gasteiger partial charge in [-0.05, 0) is 23.9 Å². The van der Waals surface area contributed by atoms with Crippen molar-refractivity contribution in [2.45, 2.75) is 13.0 Å². The normalized spacial score (nSPS) is 11.5. The van der Waals surface area contributed by atoms with Crippen LogP contribution in [-0.2, 0) is 6.54 Å². The van der Waals surface area contributed by atoms with Crippen molar-refractivity contribution in [2.75, 3.05) is 20.6 Å². The van der Waals surface area contributed by atoms with Crippen LogP contribution in [0.5, 0.6) is 0 Å². The molecule has 0 fully saturated rings. The van der Waals surface area contributed by atoms with Crippen LogP contribution in [0, 0.1) is 0 Å². The number of aromatic nitrogens is 1. The molecule has 2 aromatic rings. The molecule has 0 unspecified atom stereocenters. The van der Waals surface area contributed by atoms with Crippen LogP contribution >= 0.6 is 0 Å². The Morgan fingerprint density at radius 1 is 1.12 bits per heavy atom. The minimum absolute atomic E-state index is 0.972. The molecule has 0 aliphatic heterocycles. The molecule has 2 rings (SSSR count). The summed E-state index contributed by atoms with van der Waals surface area (Å²) in [5.41, 5.74) is 7.48. The monoisotopic (exact) mass is 232 g/mol. The zero-order valence-electron chi connectivity index (χ0n) is 10.5. The average molecular weight is 232 g/mol. The lowest BCUT2D eigenvalue weighted by molar-refractivity contribution is 0.141. The molecule has 2 N–H and O–H groups in total. The van der Waals surface area contributed by atoms with Gasteiger partial charge in [0.25, 0.3) is 0 Å². The SMILES string of the molecule is CNN(CCCn1ccc2ccccc21)NC. The van der Waals surface area contributed by atoms with E-state index in [1.807, 2.05) is 19.2 Å². The molecule has 0 atom stereocenters. The van der Waals surface area contributed by atoms with E-state index in [9.17, 15) is 0 Å². The molecule has 17 heavy (non-hydrogen) atoms. The quantitative estimate of drug-likeness (QED) is 0.742. The van der Waals surface area contributed by atoms with Crippen LogP contribution in [0.2, 0.25) is 0 Å². The van der Waals surface area contributed by atoms with Gasteiger partial charge < -0.3 is 4.57 Å². The van der Waals surface area contributed by atoms with Gasteiger partial charge in [-0.2, -0.15) is 5.12 Å². The molecular formula is C13H20N4. The van der Waals surface area contributed by atoms with Crippen molar-refractivity contribution in [2.24, 2.45) is 0 Å². The zero-order valence-corrected chi connectivity index (χ0v) is 10.5. The van der Waals surface area contributed by atoms with Crippen LogP contribution in [0.1, 0.15) is 6.42 Å². The molecule has 0 aliphatic carbocycles. The Hall–Kier alpha value is -1.36. The number of rotatable bonds is 6. The van der Waals surface area contributed by atoms with Crippen LogP contribution in [0.25, 0.3) is 10.9 Å². The molecule has 4 heteroatoms. The number of aryl methyl sites for hydroxylation is 1. The van der Waals surface area contributed by atoms with Crippen molar-refractivity contribution in [3.63, 3.8) is 0 Å². The van der Waals surface area contributed by atoms with E-state index in [0.717, 1.165) is 19.5 Å². The highest BCUT2D eigenvalue weighted by Gasteiger charge is 2.01. The van der Waals surface area contributed by atoms with E-state index in [4.69, 9.17) is 0 Å². The van der Waals surface area contributed by atoms with E-state index in [-0.39, 0.29) is 0 Å². The minimum atomic E-state index is 0.972. The Kier molecular flexibility index (Phi) is 4.14. The first-order chi connectivity index (χ1) is 8.35. The van der Waals surface area contributed by atoms with Crippen LogP contribution in [-0.4, -0.2) is 30.3 Å². The summed E-state index contributed by atoms with van der Waals surface area (Å²) in [5, 5.41) is 3.29. The summed E-state index contributed by atoms with van der Waals surface area (Å²) in [4.78, 5) is 0. The van der Waals surface area contributed by atoms with Crippen molar-refractivity contribution in [3.05, 3.63) is 36.5 Å². The summed E-state index contributed by atoms with van der Waals surface area (Å²) < 4.78 is 2.30. The Balaban J connectivity index is 1.95. The summed E-state index contributed by atoms with van der Waals surface area (Å²) in [6.07, 6.45) is 3.26. The molecule has 0 bridgehead atoms. The number of fused-ring (bicyclic) bond motifs is 1. The van der Waals surface area contributed by atoms with E-state index < -0.39 is 0 Å². The van der Waals surface area contributed by atoms with Crippen molar-refractivity contribution in [1.82, 2.24) is 20.5 Å². The van der Waals surface area contributed by atoms with Gasteiger partial charge in [0.15, 0.2) is 0 Å². The first-order valence-corrected chi connectivity index (χ1v) is 6.01.